The summed E-state index contributed by atoms with van der Waals surface area (Å²) in [4.78, 5) is 17.3. The van der Waals surface area contributed by atoms with Crippen LogP contribution in [0.15, 0.2) is 53.3 Å². The predicted octanol–water partition coefficient (Wildman–Crippen LogP) is 3.69. The lowest BCUT2D eigenvalue weighted by Crippen LogP contribution is -2.49. The number of amides is 1. The number of likely N-dealkylation sites (tertiary alicyclic amines) is 2. The molecule has 0 N–H and O–H groups in total. The second kappa shape index (κ2) is 8.37. The van der Waals surface area contributed by atoms with Gasteiger partial charge < -0.3 is 19.0 Å². The van der Waals surface area contributed by atoms with E-state index in [1.165, 1.54) is 37.2 Å². The van der Waals surface area contributed by atoms with Crippen LogP contribution in [0.5, 0.6) is 5.75 Å². The number of rotatable bonds is 5. The van der Waals surface area contributed by atoms with Crippen molar-refractivity contribution in [3.05, 3.63) is 60.2 Å². The molecular weight excluding hydrogens is 416 g/mol. The highest BCUT2D eigenvalue weighted by Gasteiger charge is 2.46. The van der Waals surface area contributed by atoms with E-state index in [0.29, 0.717) is 25.3 Å². The molecule has 7 nitrogen and oxygen atoms in total. The predicted molar refractivity (Wildman–Crippen MR) is 124 cm³/mol. The summed E-state index contributed by atoms with van der Waals surface area (Å²) in [6.45, 7) is 5.62. The Hall–Kier alpha value is -3.06. The van der Waals surface area contributed by atoms with Crippen molar-refractivity contribution in [2.45, 2.75) is 44.2 Å². The van der Waals surface area contributed by atoms with Gasteiger partial charge in [0.1, 0.15) is 17.1 Å². The minimum absolute atomic E-state index is 0.109. The van der Waals surface area contributed by atoms with Crippen LogP contribution in [0.25, 0.3) is 11.3 Å². The molecule has 3 aromatic rings. The minimum atomic E-state index is -0.433. The summed E-state index contributed by atoms with van der Waals surface area (Å²) in [5.41, 5.74) is 3.04. The molecular formula is C26H30N4O3. The van der Waals surface area contributed by atoms with E-state index >= 15 is 0 Å². The number of fused-ring (bicyclic) bond motifs is 4. The Morgan fingerprint density at radius 3 is 2.61 bits per heavy atom. The highest BCUT2D eigenvalue weighted by molar-refractivity contribution is 5.78. The van der Waals surface area contributed by atoms with Gasteiger partial charge in [-0.25, -0.2) is 0 Å². The van der Waals surface area contributed by atoms with Crippen LogP contribution in [-0.2, 0) is 23.4 Å². The van der Waals surface area contributed by atoms with Crippen molar-refractivity contribution >= 4 is 5.91 Å². The van der Waals surface area contributed by atoms with Gasteiger partial charge in [-0.3, -0.25) is 9.48 Å². The number of aromatic nitrogens is 2. The van der Waals surface area contributed by atoms with Gasteiger partial charge in [0.05, 0.1) is 31.1 Å². The van der Waals surface area contributed by atoms with Crippen LogP contribution >= 0.6 is 0 Å². The van der Waals surface area contributed by atoms with Crippen LogP contribution in [-0.4, -0.2) is 58.2 Å². The third-order valence-corrected chi connectivity index (χ3v) is 7.43. The Labute approximate surface area is 193 Å². The number of hydrogen-bond donors (Lipinski definition) is 0. The molecule has 1 spiro atoms. The normalized spacial score (nSPS) is 19.3. The molecule has 0 saturated carbocycles. The SMILES string of the molecule is O=C(Cc1ccco1)N1CCC2(CC1)Oc1ccccc1-c1c2cnn1CCN1CCCC1. The summed E-state index contributed by atoms with van der Waals surface area (Å²) < 4.78 is 14.2. The van der Waals surface area contributed by atoms with Crippen LogP contribution in [0.3, 0.4) is 0 Å². The van der Waals surface area contributed by atoms with E-state index in [2.05, 4.69) is 27.8 Å². The van der Waals surface area contributed by atoms with Gasteiger partial charge in [-0.2, -0.15) is 5.10 Å². The zero-order valence-electron chi connectivity index (χ0n) is 18.9. The number of carbonyl (C=O) groups excluding carboxylic acids is 1. The number of para-hydroxylation sites is 1. The van der Waals surface area contributed by atoms with E-state index in [9.17, 15) is 4.79 Å². The molecule has 6 rings (SSSR count). The van der Waals surface area contributed by atoms with Gasteiger partial charge in [-0.05, 0) is 50.2 Å². The molecule has 5 heterocycles. The van der Waals surface area contributed by atoms with Gasteiger partial charge in [0.2, 0.25) is 5.91 Å². The summed E-state index contributed by atoms with van der Waals surface area (Å²) in [7, 11) is 0. The van der Waals surface area contributed by atoms with E-state index < -0.39 is 5.60 Å². The first-order valence-corrected chi connectivity index (χ1v) is 12.1. The Kier molecular flexibility index (Phi) is 5.21. The highest BCUT2D eigenvalue weighted by atomic mass is 16.5. The van der Waals surface area contributed by atoms with E-state index in [0.717, 1.165) is 37.2 Å². The average Bonchev–Trinajstić information content (AvgIpc) is 3.61. The van der Waals surface area contributed by atoms with Crippen molar-refractivity contribution in [2.24, 2.45) is 0 Å². The Morgan fingerprint density at radius 1 is 1.00 bits per heavy atom. The number of piperidine rings is 1. The maximum Gasteiger partial charge on any atom is 0.230 e. The molecule has 33 heavy (non-hydrogen) atoms. The van der Waals surface area contributed by atoms with E-state index in [1.54, 1.807) is 6.26 Å². The number of ether oxygens (including phenoxy) is 1. The molecule has 0 unspecified atom stereocenters. The number of nitrogens with zero attached hydrogens (tertiary/aromatic N) is 4. The van der Waals surface area contributed by atoms with Gasteiger partial charge in [-0.1, -0.05) is 12.1 Å². The largest absolute Gasteiger partial charge is 0.482 e. The van der Waals surface area contributed by atoms with Crippen molar-refractivity contribution in [3.63, 3.8) is 0 Å². The van der Waals surface area contributed by atoms with E-state index in [-0.39, 0.29) is 5.91 Å². The number of furan rings is 1. The maximum atomic E-state index is 12.8. The van der Waals surface area contributed by atoms with Crippen LogP contribution in [0.2, 0.25) is 0 Å². The van der Waals surface area contributed by atoms with Crippen LogP contribution in [0.4, 0.5) is 0 Å². The second-order valence-corrected chi connectivity index (χ2v) is 9.41. The smallest absolute Gasteiger partial charge is 0.230 e. The summed E-state index contributed by atoms with van der Waals surface area (Å²) in [6.07, 6.45) is 8.05. The molecule has 1 aromatic carbocycles. The van der Waals surface area contributed by atoms with Crippen LogP contribution < -0.4 is 4.74 Å². The zero-order chi connectivity index (χ0) is 22.3. The lowest BCUT2D eigenvalue weighted by Gasteiger charge is -2.44. The quantitative estimate of drug-likeness (QED) is 0.598. The van der Waals surface area contributed by atoms with Crippen LogP contribution in [0.1, 0.15) is 37.0 Å². The van der Waals surface area contributed by atoms with Gasteiger partial charge in [0, 0.05) is 43.6 Å². The topological polar surface area (TPSA) is 63.7 Å². The standard InChI is InChI=1S/C26H30N4O3/c31-24(18-20-6-5-17-32-20)29-13-9-26(10-14-29)22-19-27-30(16-15-28-11-3-4-12-28)25(22)21-7-1-2-8-23(21)33-26/h1-2,5-8,17,19H,3-4,9-16,18H2. The Balaban J connectivity index is 1.24. The molecule has 172 valence electrons. The molecule has 1 amide bonds. The first-order valence-electron chi connectivity index (χ1n) is 12.1. The molecule has 3 aliphatic heterocycles. The highest BCUT2D eigenvalue weighted by Crippen LogP contribution is 2.49. The summed E-state index contributed by atoms with van der Waals surface area (Å²) in [5, 5.41) is 4.83. The molecule has 0 bridgehead atoms. The molecule has 2 fully saturated rings. The lowest BCUT2D eigenvalue weighted by atomic mass is 9.81. The summed E-state index contributed by atoms with van der Waals surface area (Å²) >= 11 is 0. The molecule has 0 atom stereocenters. The fourth-order valence-electron chi connectivity index (χ4n) is 5.59. The summed E-state index contributed by atoms with van der Waals surface area (Å²) in [6, 6.07) is 12.0. The van der Waals surface area contributed by atoms with Crippen molar-refractivity contribution in [1.82, 2.24) is 19.6 Å². The van der Waals surface area contributed by atoms with Gasteiger partial charge in [0.15, 0.2) is 0 Å². The van der Waals surface area contributed by atoms with Gasteiger partial charge >= 0.3 is 0 Å². The molecule has 2 saturated heterocycles. The summed E-state index contributed by atoms with van der Waals surface area (Å²) in [5.74, 6) is 1.74. The number of carbonyl (C=O) groups is 1. The molecule has 7 heteroatoms. The molecule has 0 aliphatic carbocycles. The first-order chi connectivity index (χ1) is 16.2. The fraction of sp³-hybridized carbons (Fsp3) is 0.462. The van der Waals surface area contributed by atoms with Gasteiger partial charge in [-0.15, -0.1) is 0 Å². The molecule has 0 radical (unpaired) electrons. The second-order valence-electron chi connectivity index (χ2n) is 9.41. The van der Waals surface area contributed by atoms with Crippen LogP contribution in [0, 0.1) is 0 Å². The number of hydrogen-bond acceptors (Lipinski definition) is 5. The van der Waals surface area contributed by atoms with Gasteiger partial charge in [0.25, 0.3) is 0 Å². The van der Waals surface area contributed by atoms with Crippen molar-refractivity contribution in [2.75, 3.05) is 32.7 Å². The van der Waals surface area contributed by atoms with Crippen molar-refractivity contribution in [3.8, 4) is 17.0 Å². The van der Waals surface area contributed by atoms with Crippen molar-refractivity contribution < 1.29 is 13.9 Å². The Morgan fingerprint density at radius 2 is 1.82 bits per heavy atom. The zero-order valence-corrected chi connectivity index (χ0v) is 18.9. The molecule has 3 aliphatic rings. The minimum Gasteiger partial charge on any atom is -0.482 e. The first kappa shape index (κ1) is 20.5. The van der Waals surface area contributed by atoms with E-state index in [4.69, 9.17) is 14.3 Å². The average molecular weight is 447 g/mol. The third kappa shape index (κ3) is 3.74. The lowest BCUT2D eigenvalue weighted by molar-refractivity contribution is -0.134. The van der Waals surface area contributed by atoms with E-state index in [1.807, 2.05) is 29.3 Å². The maximum absolute atomic E-state index is 12.8. The molecule has 2 aromatic heterocycles. The van der Waals surface area contributed by atoms with Crippen molar-refractivity contribution in [1.29, 1.82) is 0 Å². The number of benzene rings is 1. The fourth-order valence-corrected chi connectivity index (χ4v) is 5.59. The monoisotopic (exact) mass is 446 g/mol. The third-order valence-electron chi connectivity index (χ3n) is 7.43. The Bertz CT molecular complexity index is 1120.